The number of fused-ring (bicyclic) bond motifs is 6. The van der Waals surface area contributed by atoms with Crippen LogP contribution in [0.5, 0.6) is 0 Å². The number of hydrogen-bond acceptors (Lipinski definition) is 3. The van der Waals surface area contributed by atoms with Crippen LogP contribution in [0.3, 0.4) is 0 Å². The van der Waals surface area contributed by atoms with Crippen LogP contribution in [0.4, 0.5) is 0 Å². The summed E-state index contributed by atoms with van der Waals surface area (Å²) >= 11 is 0. The Hall–Kier alpha value is -8.21. The Balaban J connectivity index is 1.16. The lowest BCUT2D eigenvalue weighted by atomic mass is 9.94. The van der Waals surface area contributed by atoms with E-state index in [4.69, 9.17) is 15.0 Å². The summed E-state index contributed by atoms with van der Waals surface area (Å²) in [5.74, 6) is 1.89. The molecule has 4 nitrogen and oxygen atoms in total. The fraction of sp³-hybridized carbons (Fsp3) is 0. The topological polar surface area (TPSA) is 43.6 Å². The monoisotopic (exact) mass is 776 g/mol. The van der Waals surface area contributed by atoms with Crippen LogP contribution in [0.15, 0.2) is 218 Å². The molecule has 12 rings (SSSR count). The molecular formula is C57H36N4. The average molecular weight is 777 g/mol. The zero-order valence-electron chi connectivity index (χ0n) is 33.1. The van der Waals surface area contributed by atoms with E-state index in [9.17, 15) is 0 Å². The predicted octanol–water partition coefficient (Wildman–Crippen LogP) is 14.8. The number of aromatic nitrogens is 4. The predicted molar refractivity (Wildman–Crippen MR) is 254 cm³/mol. The van der Waals surface area contributed by atoms with Crippen LogP contribution in [0.1, 0.15) is 0 Å². The lowest BCUT2D eigenvalue weighted by Gasteiger charge is -2.17. The van der Waals surface area contributed by atoms with Gasteiger partial charge in [-0.15, -0.1) is 0 Å². The number of nitrogens with zero attached hydrogens (tertiary/aromatic N) is 4. The van der Waals surface area contributed by atoms with Crippen LogP contribution < -0.4 is 0 Å². The molecule has 0 spiro atoms. The molecular weight excluding hydrogens is 741 g/mol. The molecule has 0 amide bonds. The van der Waals surface area contributed by atoms with Gasteiger partial charge in [0.1, 0.15) is 0 Å². The van der Waals surface area contributed by atoms with Crippen molar-refractivity contribution in [1.82, 2.24) is 19.5 Å². The highest BCUT2D eigenvalue weighted by atomic mass is 15.0. The van der Waals surface area contributed by atoms with Crippen molar-refractivity contribution >= 4 is 54.1 Å². The highest BCUT2D eigenvalue weighted by Gasteiger charge is 2.20. The molecule has 10 aromatic carbocycles. The average Bonchev–Trinajstić information content (AvgIpc) is 3.64. The molecule has 0 bridgehead atoms. The van der Waals surface area contributed by atoms with Crippen LogP contribution in [0.2, 0.25) is 0 Å². The quantitative estimate of drug-likeness (QED) is 0.169. The first-order valence-electron chi connectivity index (χ1n) is 20.7. The zero-order chi connectivity index (χ0) is 40.3. The van der Waals surface area contributed by atoms with Crippen molar-refractivity contribution in [3.05, 3.63) is 218 Å². The van der Waals surface area contributed by atoms with E-state index in [1.165, 1.54) is 43.4 Å². The van der Waals surface area contributed by atoms with Gasteiger partial charge in [0, 0.05) is 32.8 Å². The molecule has 2 aromatic heterocycles. The molecule has 4 heteroatoms. The second kappa shape index (κ2) is 14.3. The SMILES string of the molecule is c1ccc(-c2cccc(-c3ccc4c(-n5c6cc7ccccc7cc6c6cc7ccccc7cc65)ccc(-c5nc(-c6ccccc6)nc(-c6ccccc6)n5)c4c3)c2)cc1. The van der Waals surface area contributed by atoms with Crippen molar-refractivity contribution in [3.8, 4) is 62.1 Å². The molecule has 0 atom stereocenters. The first kappa shape index (κ1) is 34.8. The fourth-order valence-electron chi connectivity index (χ4n) is 8.99. The minimum absolute atomic E-state index is 0.624. The minimum Gasteiger partial charge on any atom is -0.309 e. The molecule has 0 radical (unpaired) electrons. The van der Waals surface area contributed by atoms with Gasteiger partial charge in [0.2, 0.25) is 0 Å². The van der Waals surface area contributed by atoms with E-state index < -0.39 is 0 Å². The molecule has 0 saturated carbocycles. The van der Waals surface area contributed by atoms with Gasteiger partial charge in [-0.05, 0) is 97.7 Å². The molecule has 0 saturated heterocycles. The summed E-state index contributed by atoms with van der Waals surface area (Å²) in [5, 5.41) is 9.47. The second-order valence-electron chi connectivity index (χ2n) is 15.6. The van der Waals surface area contributed by atoms with E-state index in [0.717, 1.165) is 55.3 Å². The third-order valence-corrected chi connectivity index (χ3v) is 12.0. The van der Waals surface area contributed by atoms with Crippen molar-refractivity contribution in [2.45, 2.75) is 0 Å². The number of hydrogen-bond donors (Lipinski definition) is 0. The van der Waals surface area contributed by atoms with E-state index in [-0.39, 0.29) is 0 Å². The van der Waals surface area contributed by atoms with Crippen LogP contribution in [0, 0.1) is 0 Å². The van der Waals surface area contributed by atoms with Crippen LogP contribution in [-0.2, 0) is 0 Å². The number of rotatable bonds is 6. The van der Waals surface area contributed by atoms with Gasteiger partial charge in [-0.2, -0.15) is 0 Å². The molecule has 0 aliphatic rings. The van der Waals surface area contributed by atoms with Crippen LogP contribution >= 0.6 is 0 Å². The standard InChI is InChI=1S/C57H36N4/c1-4-15-37(16-5-1)40-25-14-26-41(31-40)46-27-28-47-49(32-46)48(57-59-55(38-17-6-2-7-18-38)58-56(60-57)39-19-8-3-9-20-39)29-30-52(47)61-53-35-44-23-12-10-21-42(44)33-50(53)51-34-43-22-11-13-24-45(43)36-54(51)61/h1-36H. The van der Waals surface area contributed by atoms with E-state index in [0.29, 0.717) is 17.5 Å². The van der Waals surface area contributed by atoms with Gasteiger partial charge in [-0.25, -0.2) is 15.0 Å². The summed E-state index contributed by atoms with van der Waals surface area (Å²) in [7, 11) is 0. The van der Waals surface area contributed by atoms with E-state index in [1.807, 2.05) is 36.4 Å². The summed E-state index contributed by atoms with van der Waals surface area (Å²) in [6.07, 6.45) is 0. The number of benzene rings is 10. The van der Waals surface area contributed by atoms with Crippen LogP contribution in [0.25, 0.3) is 116 Å². The summed E-state index contributed by atoms with van der Waals surface area (Å²) in [6.45, 7) is 0. The molecule has 61 heavy (non-hydrogen) atoms. The van der Waals surface area contributed by atoms with Gasteiger partial charge >= 0.3 is 0 Å². The Bertz CT molecular complexity index is 3480. The first-order chi connectivity index (χ1) is 30.2. The Kier molecular flexibility index (Phi) is 8.13. The molecule has 0 fully saturated rings. The van der Waals surface area contributed by atoms with Gasteiger partial charge in [-0.3, -0.25) is 0 Å². The van der Waals surface area contributed by atoms with Gasteiger partial charge in [-0.1, -0.05) is 170 Å². The lowest BCUT2D eigenvalue weighted by Crippen LogP contribution is -2.02. The smallest absolute Gasteiger partial charge is 0.164 e. The van der Waals surface area contributed by atoms with Gasteiger partial charge in [0.25, 0.3) is 0 Å². The normalized spacial score (nSPS) is 11.6. The van der Waals surface area contributed by atoms with Crippen molar-refractivity contribution in [3.63, 3.8) is 0 Å². The van der Waals surface area contributed by atoms with Crippen molar-refractivity contribution in [1.29, 1.82) is 0 Å². The van der Waals surface area contributed by atoms with Crippen LogP contribution in [-0.4, -0.2) is 19.5 Å². The molecule has 2 heterocycles. The molecule has 12 aromatic rings. The highest BCUT2D eigenvalue weighted by molar-refractivity contribution is 6.18. The highest BCUT2D eigenvalue weighted by Crippen LogP contribution is 2.42. The lowest BCUT2D eigenvalue weighted by molar-refractivity contribution is 1.08. The Morgan fingerprint density at radius 2 is 0.705 bits per heavy atom. The molecule has 0 unspecified atom stereocenters. The van der Waals surface area contributed by atoms with Gasteiger partial charge in [0.15, 0.2) is 17.5 Å². The minimum atomic E-state index is 0.624. The molecule has 0 aliphatic heterocycles. The molecule has 0 aliphatic carbocycles. The van der Waals surface area contributed by atoms with Gasteiger partial charge in [0.05, 0.1) is 16.7 Å². The Labute approximate surface area is 352 Å². The van der Waals surface area contributed by atoms with Crippen molar-refractivity contribution in [2.24, 2.45) is 0 Å². The molecule has 284 valence electrons. The third kappa shape index (κ3) is 6.04. The van der Waals surface area contributed by atoms with Crippen molar-refractivity contribution in [2.75, 3.05) is 0 Å². The van der Waals surface area contributed by atoms with E-state index >= 15 is 0 Å². The summed E-state index contributed by atoms with van der Waals surface area (Å²) in [6, 6.07) is 77.8. The fourth-order valence-corrected chi connectivity index (χ4v) is 8.99. The largest absolute Gasteiger partial charge is 0.309 e. The Morgan fingerprint density at radius 1 is 0.262 bits per heavy atom. The van der Waals surface area contributed by atoms with E-state index in [1.54, 1.807) is 0 Å². The first-order valence-corrected chi connectivity index (χ1v) is 20.7. The summed E-state index contributed by atoms with van der Waals surface area (Å²) < 4.78 is 2.46. The van der Waals surface area contributed by atoms with Crippen molar-refractivity contribution < 1.29 is 0 Å². The third-order valence-electron chi connectivity index (χ3n) is 12.0. The second-order valence-corrected chi connectivity index (χ2v) is 15.6. The Morgan fingerprint density at radius 3 is 1.26 bits per heavy atom. The summed E-state index contributed by atoms with van der Waals surface area (Å²) in [4.78, 5) is 15.5. The van der Waals surface area contributed by atoms with Gasteiger partial charge < -0.3 is 4.57 Å². The maximum Gasteiger partial charge on any atom is 0.164 e. The maximum absolute atomic E-state index is 5.24. The summed E-state index contributed by atoms with van der Waals surface area (Å²) in [5.41, 5.74) is 10.8. The van der Waals surface area contributed by atoms with E-state index in [2.05, 4.69) is 187 Å². The zero-order valence-corrected chi connectivity index (χ0v) is 33.1. The molecule has 0 N–H and O–H groups in total. The maximum atomic E-state index is 5.24.